The van der Waals surface area contributed by atoms with Crippen molar-refractivity contribution in [1.82, 2.24) is 5.32 Å². The maximum atomic E-state index is 11.8. The van der Waals surface area contributed by atoms with E-state index < -0.39 is 0 Å². The predicted octanol–water partition coefficient (Wildman–Crippen LogP) is 3.86. The number of thiophene rings is 1. The van der Waals surface area contributed by atoms with Crippen LogP contribution in [0.3, 0.4) is 0 Å². The van der Waals surface area contributed by atoms with Gasteiger partial charge in [-0.2, -0.15) is 0 Å². The molecule has 1 aromatic heterocycles. The zero-order chi connectivity index (χ0) is 13.5. The average molecular weight is 291 g/mol. The number of carbonyl (C=O) groups excluding carboxylic acids is 1. The fourth-order valence-corrected chi connectivity index (χ4v) is 3.26. The van der Waals surface area contributed by atoms with Gasteiger partial charge in [0.1, 0.15) is 0 Å². The topological polar surface area (TPSA) is 29.1 Å². The highest BCUT2D eigenvalue weighted by Crippen LogP contribution is 2.18. The largest absolute Gasteiger partial charge is 0.348 e. The molecule has 4 heteroatoms. The van der Waals surface area contributed by atoms with E-state index in [9.17, 15) is 4.79 Å². The summed E-state index contributed by atoms with van der Waals surface area (Å²) in [6, 6.07) is 14.4. The third-order valence-electron chi connectivity index (χ3n) is 2.69. The Labute approximate surface area is 122 Å². The van der Waals surface area contributed by atoms with Gasteiger partial charge in [0.25, 0.3) is 0 Å². The Balaban J connectivity index is 1.70. The van der Waals surface area contributed by atoms with Crippen LogP contribution in [0.1, 0.15) is 23.4 Å². The van der Waals surface area contributed by atoms with Gasteiger partial charge >= 0.3 is 0 Å². The van der Waals surface area contributed by atoms with Gasteiger partial charge in [0.2, 0.25) is 5.91 Å². The number of rotatable bonds is 6. The van der Waals surface area contributed by atoms with Gasteiger partial charge in [0.15, 0.2) is 0 Å². The molecule has 1 atom stereocenters. The van der Waals surface area contributed by atoms with Crippen LogP contribution >= 0.6 is 23.1 Å². The molecule has 0 saturated heterocycles. The molecule has 2 nitrogen and oxygen atoms in total. The third-order valence-corrected chi connectivity index (χ3v) is 4.75. The van der Waals surface area contributed by atoms with E-state index in [1.165, 1.54) is 10.4 Å². The molecule has 0 spiro atoms. The fourth-order valence-electron chi connectivity index (χ4n) is 1.73. The average Bonchev–Trinajstić information content (AvgIpc) is 2.94. The minimum Gasteiger partial charge on any atom is -0.348 e. The van der Waals surface area contributed by atoms with Gasteiger partial charge in [-0.3, -0.25) is 4.79 Å². The zero-order valence-corrected chi connectivity index (χ0v) is 12.5. The van der Waals surface area contributed by atoms with Crippen molar-refractivity contribution in [2.75, 3.05) is 5.75 Å². The predicted molar refractivity (Wildman–Crippen MR) is 83.5 cm³/mol. The van der Waals surface area contributed by atoms with E-state index in [1.54, 1.807) is 23.1 Å². The smallest absolute Gasteiger partial charge is 0.230 e. The molecule has 2 aromatic rings. The Morgan fingerprint density at radius 3 is 2.74 bits per heavy atom. The highest BCUT2D eigenvalue weighted by molar-refractivity contribution is 7.99. The van der Waals surface area contributed by atoms with Crippen molar-refractivity contribution in [2.45, 2.75) is 18.7 Å². The third kappa shape index (κ3) is 4.73. The minimum absolute atomic E-state index is 0.0989. The van der Waals surface area contributed by atoms with Crippen LogP contribution in [0, 0.1) is 0 Å². The molecular weight excluding hydrogens is 274 g/mol. The lowest BCUT2D eigenvalue weighted by Crippen LogP contribution is -2.27. The second-order valence-electron chi connectivity index (χ2n) is 4.28. The molecule has 1 amide bonds. The van der Waals surface area contributed by atoms with E-state index >= 15 is 0 Å². The first kappa shape index (κ1) is 14.2. The maximum absolute atomic E-state index is 11.8. The van der Waals surface area contributed by atoms with Crippen molar-refractivity contribution in [2.24, 2.45) is 0 Å². The van der Waals surface area contributed by atoms with Gasteiger partial charge in [-0.15, -0.1) is 23.1 Å². The first-order valence-corrected chi connectivity index (χ1v) is 8.23. The molecular formula is C15H17NOS2. The lowest BCUT2D eigenvalue weighted by Gasteiger charge is -2.11. The molecule has 2 rings (SSSR count). The second kappa shape index (κ2) is 7.36. The highest BCUT2D eigenvalue weighted by atomic mass is 32.2. The van der Waals surface area contributed by atoms with E-state index in [0.717, 1.165) is 5.75 Å². The Kier molecular flexibility index (Phi) is 5.48. The van der Waals surface area contributed by atoms with Crippen LogP contribution in [-0.4, -0.2) is 11.7 Å². The van der Waals surface area contributed by atoms with Crippen LogP contribution in [0.4, 0.5) is 0 Å². The Hall–Kier alpha value is -1.26. The lowest BCUT2D eigenvalue weighted by molar-refractivity contribution is -0.119. The van der Waals surface area contributed by atoms with Crippen molar-refractivity contribution in [3.63, 3.8) is 0 Å². The SMILES string of the molecule is CC(NC(=O)CSCc1ccccc1)c1cccs1. The fraction of sp³-hybridized carbons (Fsp3) is 0.267. The number of hydrogen-bond acceptors (Lipinski definition) is 3. The maximum Gasteiger partial charge on any atom is 0.230 e. The van der Waals surface area contributed by atoms with Crippen LogP contribution in [0.15, 0.2) is 47.8 Å². The highest BCUT2D eigenvalue weighted by Gasteiger charge is 2.09. The van der Waals surface area contributed by atoms with Crippen molar-refractivity contribution in [1.29, 1.82) is 0 Å². The summed E-state index contributed by atoms with van der Waals surface area (Å²) in [6.07, 6.45) is 0. The first-order chi connectivity index (χ1) is 9.25. The number of amides is 1. The van der Waals surface area contributed by atoms with Gasteiger partial charge in [0, 0.05) is 10.6 Å². The van der Waals surface area contributed by atoms with Crippen LogP contribution in [0.5, 0.6) is 0 Å². The summed E-state index contributed by atoms with van der Waals surface area (Å²) in [5.41, 5.74) is 1.26. The van der Waals surface area contributed by atoms with Crippen molar-refractivity contribution >= 4 is 29.0 Å². The molecule has 0 saturated carbocycles. The van der Waals surface area contributed by atoms with Gasteiger partial charge < -0.3 is 5.32 Å². The Bertz CT molecular complexity index is 496. The molecule has 0 aliphatic rings. The minimum atomic E-state index is 0.0989. The molecule has 1 heterocycles. The lowest BCUT2D eigenvalue weighted by atomic mass is 10.2. The van der Waals surface area contributed by atoms with E-state index in [2.05, 4.69) is 17.4 Å². The summed E-state index contributed by atoms with van der Waals surface area (Å²) >= 11 is 3.32. The summed E-state index contributed by atoms with van der Waals surface area (Å²) in [5.74, 6) is 1.48. The second-order valence-corrected chi connectivity index (χ2v) is 6.25. The quantitative estimate of drug-likeness (QED) is 0.875. The molecule has 0 aliphatic carbocycles. The van der Waals surface area contributed by atoms with Crippen LogP contribution in [0.25, 0.3) is 0 Å². The molecule has 0 bridgehead atoms. The van der Waals surface area contributed by atoms with Crippen molar-refractivity contribution < 1.29 is 4.79 Å². The number of thioether (sulfide) groups is 1. The van der Waals surface area contributed by atoms with Crippen LogP contribution in [0.2, 0.25) is 0 Å². The van der Waals surface area contributed by atoms with Gasteiger partial charge in [0.05, 0.1) is 11.8 Å². The molecule has 1 N–H and O–H groups in total. The standard InChI is InChI=1S/C15H17NOS2/c1-12(14-8-5-9-19-14)16-15(17)11-18-10-13-6-3-2-4-7-13/h2-9,12H,10-11H2,1H3,(H,16,17). The summed E-state index contributed by atoms with van der Waals surface area (Å²) < 4.78 is 0. The van der Waals surface area contributed by atoms with Gasteiger partial charge in [-0.1, -0.05) is 36.4 Å². The molecule has 0 radical (unpaired) electrons. The number of nitrogens with one attached hydrogen (secondary N) is 1. The molecule has 1 aromatic carbocycles. The van der Waals surface area contributed by atoms with Crippen molar-refractivity contribution in [3.05, 3.63) is 58.3 Å². The Morgan fingerprint density at radius 1 is 1.26 bits per heavy atom. The van der Waals surface area contributed by atoms with E-state index in [1.807, 2.05) is 42.6 Å². The van der Waals surface area contributed by atoms with Gasteiger partial charge in [-0.05, 0) is 23.9 Å². The monoisotopic (exact) mass is 291 g/mol. The van der Waals surface area contributed by atoms with Crippen molar-refractivity contribution in [3.8, 4) is 0 Å². The number of hydrogen-bond donors (Lipinski definition) is 1. The zero-order valence-electron chi connectivity index (χ0n) is 10.8. The van der Waals surface area contributed by atoms with E-state index in [4.69, 9.17) is 0 Å². The first-order valence-electron chi connectivity index (χ1n) is 6.20. The summed E-state index contributed by atoms with van der Waals surface area (Å²) in [4.78, 5) is 13.0. The summed E-state index contributed by atoms with van der Waals surface area (Å²) in [7, 11) is 0. The molecule has 19 heavy (non-hydrogen) atoms. The van der Waals surface area contributed by atoms with E-state index in [-0.39, 0.29) is 11.9 Å². The molecule has 0 fully saturated rings. The summed E-state index contributed by atoms with van der Waals surface area (Å²) in [6.45, 7) is 2.02. The van der Waals surface area contributed by atoms with Crippen LogP contribution < -0.4 is 5.32 Å². The molecule has 100 valence electrons. The van der Waals surface area contributed by atoms with Crippen LogP contribution in [-0.2, 0) is 10.5 Å². The number of benzene rings is 1. The summed E-state index contributed by atoms with van der Waals surface area (Å²) in [5, 5.41) is 5.05. The van der Waals surface area contributed by atoms with Gasteiger partial charge in [-0.25, -0.2) is 0 Å². The number of carbonyl (C=O) groups is 1. The van der Waals surface area contributed by atoms with E-state index in [0.29, 0.717) is 5.75 Å². The Morgan fingerprint density at radius 2 is 2.05 bits per heavy atom. The normalized spacial score (nSPS) is 12.1. The molecule has 1 unspecified atom stereocenters. The molecule has 0 aliphatic heterocycles.